The van der Waals surface area contributed by atoms with E-state index in [-0.39, 0.29) is 17.8 Å². The number of hydrogen-bond donors (Lipinski definition) is 3. The van der Waals surface area contributed by atoms with Crippen LogP contribution < -0.4 is 21.8 Å². The topological polar surface area (TPSA) is 136 Å². The molecule has 0 spiro atoms. The van der Waals surface area contributed by atoms with Crippen LogP contribution in [-0.2, 0) is 20.8 Å². The van der Waals surface area contributed by atoms with Crippen LogP contribution in [0.3, 0.4) is 0 Å². The first-order valence-electron chi connectivity index (χ1n) is 11.3. The summed E-state index contributed by atoms with van der Waals surface area (Å²) < 4.78 is 0. The van der Waals surface area contributed by atoms with Crippen molar-refractivity contribution in [3.05, 3.63) is 54.1 Å². The smallest absolute Gasteiger partial charge is 0.335 e. The molecule has 9 heteroatoms. The molecule has 1 amide bonds. The molecular weight excluding hydrogens is 432 g/mol. The number of aromatic nitrogens is 2. The first kappa shape index (κ1) is 23.3. The number of carbonyl (C=O) groups excluding carboxylic acids is 2. The zero-order valence-electron chi connectivity index (χ0n) is 19.5. The van der Waals surface area contributed by atoms with Gasteiger partial charge in [-0.25, -0.2) is 9.78 Å². The molecule has 1 fully saturated rings. The molecule has 0 atom stereocenters. The highest BCUT2D eigenvalue weighted by molar-refractivity contribution is 5.90. The van der Waals surface area contributed by atoms with Gasteiger partial charge in [0.1, 0.15) is 5.82 Å². The van der Waals surface area contributed by atoms with E-state index >= 15 is 0 Å². The molecule has 1 heterocycles. The summed E-state index contributed by atoms with van der Waals surface area (Å²) in [6, 6.07) is 15.1. The zero-order chi connectivity index (χ0) is 24.3. The summed E-state index contributed by atoms with van der Waals surface area (Å²) in [7, 11) is 3.78. The van der Waals surface area contributed by atoms with E-state index in [0.717, 1.165) is 22.3 Å². The SMILES string of the molecule is CN(C)c1nc(NOC(=O)C2CCC(Cc3cccc(N)c3)(C(N)=O)CC2)nc2ccccc12. The molecule has 1 aromatic heterocycles. The van der Waals surface area contributed by atoms with Gasteiger partial charge >= 0.3 is 5.97 Å². The van der Waals surface area contributed by atoms with Gasteiger partial charge in [-0.15, -0.1) is 0 Å². The van der Waals surface area contributed by atoms with Gasteiger partial charge in [0.05, 0.1) is 16.8 Å². The van der Waals surface area contributed by atoms with Gasteiger partial charge in [-0.2, -0.15) is 10.5 Å². The Labute approximate surface area is 198 Å². The highest BCUT2D eigenvalue weighted by atomic mass is 16.7. The van der Waals surface area contributed by atoms with E-state index in [4.69, 9.17) is 16.3 Å². The molecule has 1 aliphatic rings. The number of anilines is 3. The van der Waals surface area contributed by atoms with Crippen molar-refractivity contribution in [3.8, 4) is 0 Å². The third-order valence-corrected chi connectivity index (χ3v) is 6.54. The Hall–Kier alpha value is -3.88. The van der Waals surface area contributed by atoms with Gasteiger partial charge in [-0.1, -0.05) is 24.3 Å². The van der Waals surface area contributed by atoms with Crippen LogP contribution in [0.25, 0.3) is 10.9 Å². The predicted octanol–water partition coefficient (Wildman–Crippen LogP) is 3.05. The van der Waals surface area contributed by atoms with Gasteiger partial charge in [-0.05, 0) is 61.9 Å². The number of para-hydroxylation sites is 1. The molecule has 1 aliphatic carbocycles. The number of nitrogens with zero attached hydrogens (tertiary/aromatic N) is 3. The van der Waals surface area contributed by atoms with Crippen LogP contribution in [0.1, 0.15) is 31.2 Å². The maximum absolute atomic E-state index is 12.8. The molecule has 0 aliphatic heterocycles. The summed E-state index contributed by atoms with van der Waals surface area (Å²) in [5.74, 6) is -0.158. The van der Waals surface area contributed by atoms with Gasteiger partial charge in [0.25, 0.3) is 5.95 Å². The number of nitrogen functional groups attached to an aromatic ring is 1. The summed E-state index contributed by atoms with van der Waals surface area (Å²) in [4.78, 5) is 41.3. The Bertz CT molecular complexity index is 1200. The minimum absolute atomic E-state index is 0.208. The minimum atomic E-state index is -0.694. The second-order valence-corrected chi connectivity index (χ2v) is 9.15. The van der Waals surface area contributed by atoms with E-state index in [1.165, 1.54) is 0 Å². The molecule has 9 nitrogen and oxygen atoms in total. The number of amides is 1. The Morgan fingerprint density at radius 3 is 2.53 bits per heavy atom. The predicted molar refractivity (Wildman–Crippen MR) is 132 cm³/mol. The summed E-state index contributed by atoms with van der Waals surface area (Å²) in [6.45, 7) is 0. The van der Waals surface area contributed by atoms with Crippen LogP contribution in [0.4, 0.5) is 17.5 Å². The lowest BCUT2D eigenvalue weighted by atomic mass is 9.67. The fourth-order valence-corrected chi connectivity index (χ4v) is 4.64. The van der Waals surface area contributed by atoms with Crippen molar-refractivity contribution in [3.63, 3.8) is 0 Å². The lowest BCUT2D eigenvalue weighted by molar-refractivity contribution is -0.149. The van der Waals surface area contributed by atoms with E-state index in [0.29, 0.717) is 37.8 Å². The monoisotopic (exact) mass is 462 g/mol. The number of benzene rings is 2. The fourth-order valence-electron chi connectivity index (χ4n) is 4.64. The summed E-state index contributed by atoms with van der Waals surface area (Å²) in [5, 5.41) is 0.902. The Kier molecular flexibility index (Phi) is 6.54. The lowest BCUT2D eigenvalue weighted by Crippen LogP contribution is -2.43. The van der Waals surface area contributed by atoms with Crippen LogP contribution in [0.15, 0.2) is 48.5 Å². The number of nitrogens with one attached hydrogen (secondary N) is 1. The molecule has 178 valence electrons. The first-order chi connectivity index (χ1) is 16.3. The van der Waals surface area contributed by atoms with E-state index < -0.39 is 11.4 Å². The van der Waals surface area contributed by atoms with E-state index in [1.54, 1.807) is 6.07 Å². The lowest BCUT2D eigenvalue weighted by Gasteiger charge is -2.37. The van der Waals surface area contributed by atoms with Crippen LogP contribution >= 0.6 is 0 Å². The molecule has 34 heavy (non-hydrogen) atoms. The molecule has 2 aromatic carbocycles. The van der Waals surface area contributed by atoms with Crippen molar-refractivity contribution in [2.24, 2.45) is 17.1 Å². The molecule has 4 rings (SSSR count). The average Bonchev–Trinajstić information content (AvgIpc) is 2.82. The largest absolute Gasteiger partial charge is 0.399 e. The highest BCUT2D eigenvalue weighted by Crippen LogP contribution is 2.42. The van der Waals surface area contributed by atoms with E-state index in [2.05, 4.69) is 15.4 Å². The van der Waals surface area contributed by atoms with Gasteiger partial charge in [0.15, 0.2) is 0 Å². The molecule has 0 radical (unpaired) electrons. The number of fused-ring (bicyclic) bond motifs is 1. The van der Waals surface area contributed by atoms with Crippen LogP contribution in [0.2, 0.25) is 0 Å². The number of hydrogen-bond acceptors (Lipinski definition) is 8. The molecule has 0 saturated heterocycles. The molecular formula is C25H30N6O3. The summed E-state index contributed by atoms with van der Waals surface area (Å²) in [5.41, 5.74) is 16.0. The van der Waals surface area contributed by atoms with Crippen molar-refractivity contribution in [1.29, 1.82) is 0 Å². The molecule has 5 N–H and O–H groups in total. The molecule has 3 aromatic rings. The van der Waals surface area contributed by atoms with E-state index in [9.17, 15) is 9.59 Å². The number of nitrogens with two attached hydrogens (primary N) is 2. The standard InChI is InChI=1S/C25H30N6O3/c1-31(2)21-19-8-3-4-9-20(19)28-24(29-21)30-34-22(32)17-10-12-25(13-11-17,23(27)33)15-16-6-5-7-18(26)14-16/h3-9,14,17H,10-13,15,26H2,1-2H3,(H2,27,33)(H,28,29,30). The first-order valence-corrected chi connectivity index (χ1v) is 11.3. The van der Waals surface area contributed by atoms with Gasteiger partial charge in [0, 0.05) is 25.2 Å². The third-order valence-electron chi connectivity index (χ3n) is 6.54. The van der Waals surface area contributed by atoms with Crippen molar-refractivity contribution >= 4 is 40.2 Å². The maximum Gasteiger partial charge on any atom is 0.335 e. The zero-order valence-corrected chi connectivity index (χ0v) is 19.5. The van der Waals surface area contributed by atoms with Gasteiger partial charge in [0.2, 0.25) is 5.91 Å². The van der Waals surface area contributed by atoms with Crippen molar-refractivity contribution < 1.29 is 14.4 Å². The molecule has 1 saturated carbocycles. The second-order valence-electron chi connectivity index (χ2n) is 9.15. The van der Waals surface area contributed by atoms with Crippen LogP contribution in [0, 0.1) is 11.3 Å². The maximum atomic E-state index is 12.8. The summed E-state index contributed by atoms with van der Waals surface area (Å²) in [6.07, 6.45) is 2.54. The average molecular weight is 463 g/mol. The van der Waals surface area contributed by atoms with Gasteiger partial charge < -0.3 is 21.2 Å². The molecule has 0 unspecified atom stereocenters. The van der Waals surface area contributed by atoms with Crippen molar-refractivity contribution in [1.82, 2.24) is 9.97 Å². The fraction of sp³-hybridized carbons (Fsp3) is 0.360. The minimum Gasteiger partial charge on any atom is -0.399 e. The molecule has 0 bridgehead atoms. The van der Waals surface area contributed by atoms with Crippen molar-refractivity contribution in [2.45, 2.75) is 32.1 Å². The Morgan fingerprint density at radius 2 is 1.85 bits per heavy atom. The van der Waals surface area contributed by atoms with Crippen molar-refractivity contribution in [2.75, 3.05) is 30.2 Å². The summed E-state index contributed by atoms with van der Waals surface area (Å²) >= 11 is 0. The normalized spacial score (nSPS) is 20.0. The number of carbonyl (C=O) groups is 2. The third kappa shape index (κ3) is 4.88. The number of rotatable bonds is 7. The van der Waals surface area contributed by atoms with E-state index in [1.807, 2.05) is 61.5 Å². The van der Waals surface area contributed by atoms with Crippen LogP contribution in [0.5, 0.6) is 0 Å². The number of primary amides is 1. The Morgan fingerprint density at radius 1 is 1.12 bits per heavy atom. The Balaban J connectivity index is 1.40. The second kappa shape index (κ2) is 9.54. The van der Waals surface area contributed by atoms with Gasteiger partial charge in [-0.3, -0.25) is 4.79 Å². The quantitative estimate of drug-likeness (QED) is 0.360. The van der Waals surface area contributed by atoms with Crippen LogP contribution in [-0.4, -0.2) is 35.9 Å². The highest BCUT2D eigenvalue weighted by Gasteiger charge is 2.42.